The molecular weight excluding hydrogens is 240 g/mol. The second-order valence-electron chi connectivity index (χ2n) is 5.16. The molecule has 94 valence electrons. The Bertz CT molecular complexity index is 523. The molecular formula is C17H19Cl. The van der Waals surface area contributed by atoms with Gasteiger partial charge in [0, 0.05) is 5.02 Å². The van der Waals surface area contributed by atoms with Crippen LogP contribution >= 0.6 is 11.6 Å². The SMILES string of the molecule is Cc1cc(C)cc(CC(C)c2cccc(Cl)c2)c1. The summed E-state index contributed by atoms with van der Waals surface area (Å²) in [5.74, 6) is 0.491. The van der Waals surface area contributed by atoms with Gasteiger partial charge in [-0.15, -0.1) is 0 Å². The largest absolute Gasteiger partial charge is 0.0843 e. The molecule has 0 nitrogen and oxygen atoms in total. The zero-order chi connectivity index (χ0) is 13.1. The highest BCUT2D eigenvalue weighted by atomic mass is 35.5. The Morgan fingerprint density at radius 3 is 2.28 bits per heavy atom. The number of hydrogen-bond acceptors (Lipinski definition) is 0. The van der Waals surface area contributed by atoms with E-state index in [9.17, 15) is 0 Å². The van der Waals surface area contributed by atoms with Gasteiger partial charge in [-0.2, -0.15) is 0 Å². The Hall–Kier alpha value is -1.27. The van der Waals surface area contributed by atoms with Crippen LogP contribution in [0, 0.1) is 13.8 Å². The zero-order valence-corrected chi connectivity index (χ0v) is 12.0. The first-order valence-corrected chi connectivity index (χ1v) is 6.75. The van der Waals surface area contributed by atoms with Gasteiger partial charge in [0.05, 0.1) is 0 Å². The van der Waals surface area contributed by atoms with Crippen molar-refractivity contribution in [3.63, 3.8) is 0 Å². The monoisotopic (exact) mass is 258 g/mol. The lowest BCUT2D eigenvalue weighted by Gasteiger charge is -2.13. The van der Waals surface area contributed by atoms with E-state index in [0.29, 0.717) is 5.92 Å². The lowest BCUT2D eigenvalue weighted by molar-refractivity contribution is 0.758. The summed E-state index contributed by atoms with van der Waals surface area (Å²) in [5, 5.41) is 0.819. The molecule has 18 heavy (non-hydrogen) atoms. The Labute approximate surface area is 115 Å². The van der Waals surface area contributed by atoms with Crippen LogP contribution in [0.5, 0.6) is 0 Å². The van der Waals surface area contributed by atoms with E-state index in [-0.39, 0.29) is 0 Å². The van der Waals surface area contributed by atoms with Crippen LogP contribution in [0.1, 0.15) is 35.1 Å². The van der Waals surface area contributed by atoms with Crippen molar-refractivity contribution < 1.29 is 0 Å². The van der Waals surface area contributed by atoms with Gasteiger partial charge in [-0.05, 0) is 49.4 Å². The van der Waals surface area contributed by atoms with E-state index >= 15 is 0 Å². The van der Waals surface area contributed by atoms with Crippen LogP contribution in [0.25, 0.3) is 0 Å². The molecule has 0 heterocycles. The van der Waals surface area contributed by atoms with Crippen LogP contribution in [0.2, 0.25) is 5.02 Å². The van der Waals surface area contributed by atoms with Crippen molar-refractivity contribution in [1.82, 2.24) is 0 Å². The maximum absolute atomic E-state index is 6.04. The third-order valence-electron chi connectivity index (χ3n) is 3.24. The third kappa shape index (κ3) is 3.36. The molecule has 0 radical (unpaired) electrons. The van der Waals surface area contributed by atoms with Gasteiger partial charge in [0.15, 0.2) is 0 Å². The van der Waals surface area contributed by atoms with Gasteiger partial charge in [-0.25, -0.2) is 0 Å². The predicted molar refractivity (Wildman–Crippen MR) is 79.5 cm³/mol. The summed E-state index contributed by atoms with van der Waals surface area (Å²) >= 11 is 6.04. The van der Waals surface area contributed by atoms with Crippen molar-refractivity contribution in [2.45, 2.75) is 33.1 Å². The number of halogens is 1. The number of rotatable bonds is 3. The van der Waals surface area contributed by atoms with Gasteiger partial charge >= 0.3 is 0 Å². The zero-order valence-electron chi connectivity index (χ0n) is 11.2. The Morgan fingerprint density at radius 1 is 1.00 bits per heavy atom. The second kappa shape index (κ2) is 5.58. The fourth-order valence-corrected chi connectivity index (χ4v) is 2.67. The Morgan fingerprint density at radius 2 is 1.67 bits per heavy atom. The van der Waals surface area contributed by atoms with Crippen LogP contribution in [0.15, 0.2) is 42.5 Å². The average Bonchev–Trinajstić information content (AvgIpc) is 2.27. The molecule has 1 unspecified atom stereocenters. The molecule has 0 aliphatic heterocycles. The molecule has 0 amide bonds. The summed E-state index contributed by atoms with van der Waals surface area (Å²) in [7, 11) is 0. The van der Waals surface area contributed by atoms with Gasteiger partial charge in [-0.1, -0.05) is 60.0 Å². The minimum Gasteiger partial charge on any atom is -0.0843 e. The van der Waals surface area contributed by atoms with Crippen LogP contribution in [0.3, 0.4) is 0 Å². The van der Waals surface area contributed by atoms with E-state index in [1.54, 1.807) is 0 Å². The summed E-state index contributed by atoms with van der Waals surface area (Å²) < 4.78 is 0. The van der Waals surface area contributed by atoms with Crippen molar-refractivity contribution >= 4 is 11.6 Å². The van der Waals surface area contributed by atoms with Crippen molar-refractivity contribution in [3.8, 4) is 0 Å². The molecule has 0 bridgehead atoms. The fraction of sp³-hybridized carbons (Fsp3) is 0.294. The molecule has 0 saturated carbocycles. The van der Waals surface area contributed by atoms with Gasteiger partial charge < -0.3 is 0 Å². The fourth-order valence-electron chi connectivity index (χ4n) is 2.47. The van der Waals surface area contributed by atoms with E-state index in [1.807, 2.05) is 12.1 Å². The van der Waals surface area contributed by atoms with Crippen LogP contribution in [-0.2, 0) is 6.42 Å². The highest BCUT2D eigenvalue weighted by Gasteiger charge is 2.07. The predicted octanol–water partition coefficient (Wildman–Crippen LogP) is 5.30. The first kappa shape index (κ1) is 13.2. The van der Waals surface area contributed by atoms with Crippen molar-refractivity contribution in [2.75, 3.05) is 0 Å². The second-order valence-corrected chi connectivity index (χ2v) is 5.59. The minimum atomic E-state index is 0.491. The summed E-state index contributed by atoms with van der Waals surface area (Å²) in [6.45, 7) is 6.56. The average molecular weight is 259 g/mol. The molecule has 2 aromatic carbocycles. The third-order valence-corrected chi connectivity index (χ3v) is 3.48. The van der Waals surface area contributed by atoms with Crippen LogP contribution < -0.4 is 0 Å². The summed E-state index contributed by atoms with van der Waals surface area (Å²) in [6, 6.07) is 14.9. The molecule has 2 aromatic rings. The number of hydrogen-bond donors (Lipinski definition) is 0. The highest BCUT2D eigenvalue weighted by Crippen LogP contribution is 2.23. The first-order chi connectivity index (χ1) is 8.54. The van der Waals surface area contributed by atoms with E-state index in [0.717, 1.165) is 11.4 Å². The standard InChI is InChI=1S/C17H19Cl/c1-12-7-13(2)9-15(8-12)10-14(3)16-5-4-6-17(18)11-16/h4-9,11,14H,10H2,1-3H3. The van der Waals surface area contributed by atoms with E-state index < -0.39 is 0 Å². The van der Waals surface area contributed by atoms with E-state index in [1.165, 1.54) is 22.3 Å². The summed E-state index contributed by atoms with van der Waals surface area (Å²) in [4.78, 5) is 0. The van der Waals surface area contributed by atoms with Gasteiger partial charge in [-0.3, -0.25) is 0 Å². The summed E-state index contributed by atoms with van der Waals surface area (Å²) in [5.41, 5.74) is 5.38. The van der Waals surface area contributed by atoms with Gasteiger partial charge in [0.2, 0.25) is 0 Å². The quantitative estimate of drug-likeness (QED) is 0.701. The van der Waals surface area contributed by atoms with Crippen molar-refractivity contribution in [1.29, 1.82) is 0 Å². The van der Waals surface area contributed by atoms with Crippen molar-refractivity contribution in [3.05, 3.63) is 69.7 Å². The van der Waals surface area contributed by atoms with Gasteiger partial charge in [0.1, 0.15) is 0 Å². The van der Waals surface area contributed by atoms with Gasteiger partial charge in [0.25, 0.3) is 0 Å². The molecule has 0 aliphatic rings. The van der Waals surface area contributed by atoms with E-state index in [4.69, 9.17) is 11.6 Å². The number of aryl methyl sites for hydroxylation is 2. The molecule has 0 aliphatic carbocycles. The molecule has 1 atom stereocenters. The highest BCUT2D eigenvalue weighted by molar-refractivity contribution is 6.30. The van der Waals surface area contributed by atoms with E-state index in [2.05, 4.69) is 51.1 Å². The molecule has 2 rings (SSSR count). The topological polar surface area (TPSA) is 0 Å². The molecule has 1 heteroatoms. The maximum Gasteiger partial charge on any atom is 0.0408 e. The van der Waals surface area contributed by atoms with Crippen molar-refractivity contribution in [2.24, 2.45) is 0 Å². The Balaban J connectivity index is 2.18. The molecule has 0 spiro atoms. The van der Waals surface area contributed by atoms with Crippen LogP contribution in [-0.4, -0.2) is 0 Å². The maximum atomic E-state index is 6.04. The smallest absolute Gasteiger partial charge is 0.0408 e. The lowest BCUT2D eigenvalue weighted by atomic mass is 9.92. The molecule has 0 N–H and O–H groups in total. The molecule has 0 aromatic heterocycles. The normalized spacial score (nSPS) is 12.4. The first-order valence-electron chi connectivity index (χ1n) is 6.37. The summed E-state index contributed by atoms with van der Waals surface area (Å²) in [6.07, 6.45) is 1.06. The van der Waals surface area contributed by atoms with Crippen LogP contribution in [0.4, 0.5) is 0 Å². The molecule has 0 saturated heterocycles. The number of benzene rings is 2. The minimum absolute atomic E-state index is 0.491. The lowest BCUT2D eigenvalue weighted by Crippen LogP contribution is -1.99. The molecule has 0 fully saturated rings. The Kier molecular flexibility index (Phi) is 4.08.